The van der Waals surface area contributed by atoms with Gasteiger partial charge in [0.1, 0.15) is 0 Å². The predicted octanol–water partition coefficient (Wildman–Crippen LogP) is 2.79. The molecule has 3 heteroatoms. The number of nitrogens with two attached hydrogens (primary N) is 1. The maximum atomic E-state index is 11.8. The zero-order valence-corrected chi connectivity index (χ0v) is 11.4. The molecule has 0 aromatic heterocycles. The summed E-state index contributed by atoms with van der Waals surface area (Å²) in [4.78, 5) is 13.6. The van der Waals surface area contributed by atoms with Crippen molar-refractivity contribution in [2.75, 3.05) is 19.3 Å². The summed E-state index contributed by atoms with van der Waals surface area (Å²) in [5.41, 5.74) is 7.31. The van der Waals surface area contributed by atoms with Crippen molar-refractivity contribution in [2.45, 2.75) is 20.3 Å². The van der Waals surface area contributed by atoms with E-state index in [1.165, 1.54) is 0 Å². The van der Waals surface area contributed by atoms with E-state index in [2.05, 4.69) is 13.8 Å². The van der Waals surface area contributed by atoms with Gasteiger partial charge in [-0.1, -0.05) is 32.4 Å². The third-order valence-electron chi connectivity index (χ3n) is 3.01. The van der Waals surface area contributed by atoms with Gasteiger partial charge in [0.05, 0.1) is 0 Å². The lowest BCUT2D eigenvalue weighted by Crippen LogP contribution is -2.29. The predicted molar refractivity (Wildman–Crippen MR) is 77.0 cm³/mol. The van der Waals surface area contributed by atoms with Gasteiger partial charge in [-0.3, -0.25) is 4.79 Å². The highest BCUT2D eigenvalue weighted by Gasteiger charge is 2.08. The van der Waals surface area contributed by atoms with Crippen molar-refractivity contribution in [3.63, 3.8) is 0 Å². The number of nitrogen functional groups attached to an aromatic ring is 1. The van der Waals surface area contributed by atoms with Crippen molar-refractivity contribution in [2.24, 2.45) is 5.92 Å². The molecule has 3 nitrogen and oxygen atoms in total. The molecule has 18 heavy (non-hydrogen) atoms. The van der Waals surface area contributed by atoms with Crippen LogP contribution in [0.2, 0.25) is 0 Å². The number of carbonyl (C=O) groups is 1. The van der Waals surface area contributed by atoms with Gasteiger partial charge in [0.15, 0.2) is 0 Å². The molecule has 2 N–H and O–H groups in total. The Morgan fingerprint density at radius 3 is 2.56 bits per heavy atom. The maximum absolute atomic E-state index is 11.8. The first kappa shape index (κ1) is 14.3. The Labute approximate surface area is 109 Å². The Bertz CT molecular complexity index is 409. The smallest absolute Gasteiger partial charge is 0.246 e. The zero-order chi connectivity index (χ0) is 13.5. The number of amides is 1. The van der Waals surface area contributed by atoms with E-state index in [0.717, 1.165) is 24.2 Å². The molecular weight excluding hydrogens is 224 g/mol. The van der Waals surface area contributed by atoms with E-state index < -0.39 is 0 Å². The second-order valence-corrected chi connectivity index (χ2v) is 4.73. The number of likely N-dealkylation sites (N-methyl/N-ethyl adjacent to an activating group) is 1. The van der Waals surface area contributed by atoms with Crippen LogP contribution in [0.5, 0.6) is 0 Å². The standard InChI is InChI=1S/C15H22N2O/c1-4-12(2)11-17(3)15(18)10-7-13-5-8-14(16)9-6-13/h5-10,12H,4,11,16H2,1-3H3/b10-7+. The van der Waals surface area contributed by atoms with Gasteiger partial charge in [0, 0.05) is 25.4 Å². The van der Waals surface area contributed by atoms with Gasteiger partial charge in [-0.2, -0.15) is 0 Å². The first-order chi connectivity index (χ1) is 8.52. The minimum Gasteiger partial charge on any atom is -0.399 e. The lowest BCUT2D eigenvalue weighted by Gasteiger charge is -2.19. The molecule has 1 aromatic rings. The minimum atomic E-state index is 0.0344. The molecule has 0 saturated heterocycles. The second-order valence-electron chi connectivity index (χ2n) is 4.73. The molecule has 0 aliphatic heterocycles. The number of anilines is 1. The Kier molecular flexibility index (Phi) is 5.43. The third-order valence-corrected chi connectivity index (χ3v) is 3.01. The highest BCUT2D eigenvalue weighted by atomic mass is 16.2. The largest absolute Gasteiger partial charge is 0.399 e. The first-order valence-corrected chi connectivity index (χ1v) is 6.31. The van der Waals surface area contributed by atoms with E-state index >= 15 is 0 Å². The number of carbonyl (C=O) groups excluding carboxylic acids is 1. The molecule has 98 valence electrons. The molecule has 0 radical (unpaired) electrons. The summed E-state index contributed by atoms with van der Waals surface area (Å²) in [5, 5.41) is 0. The fraction of sp³-hybridized carbons (Fsp3) is 0.400. The van der Waals surface area contributed by atoms with Gasteiger partial charge < -0.3 is 10.6 Å². The summed E-state index contributed by atoms with van der Waals surface area (Å²) in [6.45, 7) is 5.07. The van der Waals surface area contributed by atoms with E-state index in [1.54, 1.807) is 11.0 Å². The lowest BCUT2D eigenvalue weighted by atomic mass is 10.1. The zero-order valence-electron chi connectivity index (χ0n) is 11.4. The number of hydrogen-bond donors (Lipinski definition) is 1. The van der Waals surface area contributed by atoms with Crippen molar-refractivity contribution in [1.82, 2.24) is 4.90 Å². The van der Waals surface area contributed by atoms with E-state index in [0.29, 0.717) is 5.92 Å². The molecule has 0 heterocycles. The van der Waals surface area contributed by atoms with Gasteiger partial charge in [0.25, 0.3) is 0 Å². The molecular formula is C15H22N2O. The van der Waals surface area contributed by atoms with Gasteiger partial charge >= 0.3 is 0 Å². The molecule has 1 unspecified atom stereocenters. The summed E-state index contributed by atoms with van der Waals surface area (Å²) in [6.07, 6.45) is 4.50. The molecule has 0 aliphatic rings. The highest BCUT2D eigenvalue weighted by molar-refractivity contribution is 5.91. The summed E-state index contributed by atoms with van der Waals surface area (Å²) in [6, 6.07) is 7.45. The van der Waals surface area contributed by atoms with Gasteiger partial charge in [0.2, 0.25) is 5.91 Å². The second kappa shape index (κ2) is 6.84. The van der Waals surface area contributed by atoms with Crippen LogP contribution >= 0.6 is 0 Å². The van der Waals surface area contributed by atoms with Crippen LogP contribution in [-0.2, 0) is 4.79 Å². The van der Waals surface area contributed by atoms with E-state index in [-0.39, 0.29) is 5.91 Å². The van der Waals surface area contributed by atoms with Crippen LogP contribution < -0.4 is 5.73 Å². The number of hydrogen-bond acceptors (Lipinski definition) is 2. The van der Waals surface area contributed by atoms with Crippen LogP contribution in [-0.4, -0.2) is 24.4 Å². The third kappa shape index (κ3) is 4.62. The van der Waals surface area contributed by atoms with Gasteiger partial charge in [-0.15, -0.1) is 0 Å². The van der Waals surface area contributed by atoms with E-state index in [1.807, 2.05) is 37.4 Å². The van der Waals surface area contributed by atoms with Crippen LogP contribution in [0, 0.1) is 5.92 Å². The van der Waals surface area contributed by atoms with Crippen molar-refractivity contribution in [3.05, 3.63) is 35.9 Å². The first-order valence-electron chi connectivity index (χ1n) is 6.31. The van der Waals surface area contributed by atoms with E-state index in [9.17, 15) is 4.79 Å². The van der Waals surface area contributed by atoms with E-state index in [4.69, 9.17) is 5.73 Å². The fourth-order valence-electron chi connectivity index (χ4n) is 1.59. The maximum Gasteiger partial charge on any atom is 0.246 e. The number of rotatable bonds is 5. The Morgan fingerprint density at radius 2 is 2.00 bits per heavy atom. The van der Waals surface area contributed by atoms with Crippen molar-refractivity contribution < 1.29 is 4.79 Å². The molecule has 1 atom stereocenters. The van der Waals surface area contributed by atoms with Crippen LogP contribution in [0.15, 0.2) is 30.3 Å². The SMILES string of the molecule is CCC(C)CN(C)C(=O)/C=C/c1ccc(N)cc1. The molecule has 0 saturated carbocycles. The van der Waals surface area contributed by atoms with Crippen molar-refractivity contribution >= 4 is 17.7 Å². The van der Waals surface area contributed by atoms with Gasteiger partial charge in [-0.05, 0) is 29.7 Å². The molecule has 0 fully saturated rings. The van der Waals surface area contributed by atoms with Crippen LogP contribution in [0.1, 0.15) is 25.8 Å². The summed E-state index contributed by atoms with van der Waals surface area (Å²) >= 11 is 0. The Balaban J connectivity index is 2.55. The normalized spacial score (nSPS) is 12.6. The van der Waals surface area contributed by atoms with Crippen LogP contribution in [0.3, 0.4) is 0 Å². The van der Waals surface area contributed by atoms with Crippen LogP contribution in [0.25, 0.3) is 6.08 Å². The minimum absolute atomic E-state index is 0.0344. The van der Waals surface area contributed by atoms with Crippen LogP contribution in [0.4, 0.5) is 5.69 Å². The molecule has 1 aromatic carbocycles. The molecule has 0 bridgehead atoms. The summed E-state index contributed by atoms with van der Waals surface area (Å²) in [7, 11) is 1.84. The summed E-state index contributed by atoms with van der Waals surface area (Å²) < 4.78 is 0. The topological polar surface area (TPSA) is 46.3 Å². The van der Waals surface area contributed by atoms with Gasteiger partial charge in [-0.25, -0.2) is 0 Å². The Hall–Kier alpha value is -1.77. The highest BCUT2D eigenvalue weighted by Crippen LogP contribution is 2.08. The molecule has 0 spiro atoms. The fourth-order valence-corrected chi connectivity index (χ4v) is 1.59. The molecule has 1 rings (SSSR count). The number of nitrogens with zero attached hydrogens (tertiary/aromatic N) is 1. The quantitative estimate of drug-likeness (QED) is 0.641. The average Bonchev–Trinajstić information content (AvgIpc) is 2.37. The number of benzene rings is 1. The van der Waals surface area contributed by atoms with Crippen molar-refractivity contribution in [1.29, 1.82) is 0 Å². The monoisotopic (exact) mass is 246 g/mol. The summed E-state index contributed by atoms with van der Waals surface area (Å²) in [5.74, 6) is 0.566. The molecule has 0 aliphatic carbocycles. The van der Waals surface area contributed by atoms with Crippen molar-refractivity contribution in [3.8, 4) is 0 Å². The Morgan fingerprint density at radius 1 is 1.39 bits per heavy atom. The lowest BCUT2D eigenvalue weighted by molar-refractivity contribution is -0.125. The molecule has 1 amide bonds. The average molecular weight is 246 g/mol.